The molecule has 2 fully saturated rings. The second-order valence-electron chi connectivity index (χ2n) is 13.5. The molecule has 2 saturated heterocycles. The van der Waals surface area contributed by atoms with Crippen LogP contribution in [0.15, 0.2) is 42.5 Å². The molecule has 8 radical (unpaired) electrons. The SMILES string of the molecule is C[Si]1O[Si](C)O[Si](CCCOc2ccc(C(C)(C)c3ccc(O[Si](C)(C)C)c(CCC[Si]4O[Si](C)O[Si](C)O[Si](C)O4)c3)cc2)O[Si](C)O1. The lowest BCUT2D eigenvalue weighted by atomic mass is 9.77. The minimum Gasteiger partial charge on any atom is -0.544 e. The van der Waals surface area contributed by atoms with Crippen LogP contribution < -0.4 is 9.16 Å². The summed E-state index contributed by atoms with van der Waals surface area (Å²) in [7, 11) is -12.6. The Labute approximate surface area is 309 Å². The first-order valence-corrected chi connectivity index (χ1v) is 34.1. The Morgan fingerprint density at radius 2 is 1.04 bits per heavy atom. The Morgan fingerprint density at radius 3 is 1.53 bits per heavy atom. The molecule has 0 N–H and O–H groups in total. The van der Waals surface area contributed by atoms with Crippen molar-refractivity contribution in [3.63, 3.8) is 0 Å². The zero-order valence-electron chi connectivity index (χ0n) is 30.9. The number of hydrogen-bond acceptors (Lipinski definition) is 10. The van der Waals surface area contributed by atoms with Crippen LogP contribution in [-0.2, 0) is 44.8 Å². The van der Waals surface area contributed by atoms with E-state index >= 15 is 0 Å². The molecule has 19 heteroatoms. The van der Waals surface area contributed by atoms with Gasteiger partial charge in [-0.15, -0.1) is 0 Å². The van der Waals surface area contributed by atoms with Crippen molar-refractivity contribution in [2.45, 2.75) is 110 Å². The van der Waals surface area contributed by atoms with Gasteiger partial charge in [-0.3, -0.25) is 0 Å². The third-order valence-electron chi connectivity index (χ3n) is 7.58. The van der Waals surface area contributed by atoms with Crippen molar-refractivity contribution in [1.29, 1.82) is 0 Å². The van der Waals surface area contributed by atoms with Crippen molar-refractivity contribution in [2.75, 3.05) is 6.61 Å². The first-order chi connectivity index (χ1) is 23.1. The maximum absolute atomic E-state index is 6.58. The van der Waals surface area contributed by atoms with Crippen LogP contribution in [0.1, 0.15) is 43.4 Å². The van der Waals surface area contributed by atoms with E-state index in [-0.39, 0.29) is 5.41 Å². The molecule has 0 amide bonds. The molecular weight excluding hydrogens is 773 g/mol. The Morgan fingerprint density at radius 1 is 0.592 bits per heavy atom. The van der Waals surface area contributed by atoms with Gasteiger partial charge in [-0.05, 0) is 125 Å². The molecule has 2 aromatic rings. The zero-order chi connectivity index (χ0) is 35.8. The van der Waals surface area contributed by atoms with E-state index in [1.54, 1.807) is 0 Å². The largest absolute Gasteiger partial charge is 0.544 e. The summed E-state index contributed by atoms with van der Waals surface area (Å²) in [6.07, 6.45) is 2.69. The summed E-state index contributed by atoms with van der Waals surface area (Å²) in [6, 6.07) is 17.0. The lowest BCUT2D eigenvalue weighted by molar-refractivity contribution is 0.280. The second kappa shape index (κ2) is 19.1. The summed E-state index contributed by atoms with van der Waals surface area (Å²) in [5, 5.41) is 0. The molecule has 0 unspecified atom stereocenters. The molecule has 0 saturated carbocycles. The van der Waals surface area contributed by atoms with Gasteiger partial charge < -0.3 is 42.1 Å². The molecule has 0 aromatic heterocycles. The van der Waals surface area contributed by atoms with Crippen LogP contribution in [0, 0.1) is 0 Å². The van der Waals surface area contributed by atoms with E-state index in [1.165, 1.54) is 16.7 Å². The summed E-state index contributed by atoms with van der Waals surface area (Å²) in [5.41, 5.74) is 3.51. The Bertz CT molecular complexity index is 1280. The monoisotopic (exact) mass is 824 g/mol. The molecule has 49 heavy (non-hydrogen) atoms. The summed E-state index contributed by atoms with van der Waals surface area (Å²) in [6.45, 7) is 24.0. The average Bonchev–Trinajstić information content (AvgIpc) is 2.97. The standard InChI is InChI=1S/C30H52O10Si9/c1-30(2,26-15-18-28(19-16-26)31-21-13-23-48-39-45(7)35-42(4)36-46(8)40-48)27-17-20-29(32-49(9,10)11)25(24-27)14-12-22-47-37-43(5)33-41(3)34-44(6)38-47/h15-20,24H,12-14,21-23H2,1-11H3. The lowest BCUT2D eigenvalue weighted by Gasteiger charge is -2.29. The van der Waals surface area contributed by atoms with E-state index in [4.69, 9.17) is 42.1 Å². The van der Waals surface area contributed by atoms with E-state index in [2.05, 4.69) is 76.0 Å². The molecule has 2 aliphatic heterocycles. The maximum atomic E-state index is 6.58. The molecular formula is C30H52O10Si9. The number of benzene rings is 2. The molecule has 0 bridgehead atoms. The van der Waals surface area contributed by atoms with Crippen LogP contribution in [0.4, 0.5) is 0 Å². The fraction of sp³-hybridized carbons (Fsp3) is 0.600. The quantitative estimate of drug-likeness (QED) is 0.159. The highest BCUT2D eigenvalue weighted by atomic mass is 28.5. The van der Waals surface area contributed by atoms with Crippen LogP contribution in [0.2, 0.25) is 71.0 Å². The smallest absolute Gasteiger partial charge is 0.365 e. The highest BCUT2D eigenvalue weighted by molar-refractivity contribution is 6.73. The summed E-state index contributed by atoms with van der Waals surface area (Å²) < 4.78 is 61.3. The van der Waals surface area contributed by atoms with Gasteiger partial charge in [-0.2, -0.15) is 0 Å². The van der Waals surface area contributed by atoms with Crippen molar-refractivity contribution >= 4 is 82.6 Å². The molecule has 0 atom stereocenters. The van der Waals surface area contributed by atoms with Gasteiger partial charge in [0.2, 0.25) is 8.32 Å². The van der Waals surface area contributed by atoms with Crippen LogP contribution in [-0.4, -0.2) is 89.2 Å². The summed E-state index contributed by atoms with van der Waals surface area (Å²) in [5.74, 6) is 1.85. The zero-order valence-corrected chi connectivity index (χ0v) is 39.9. The minimum atomic E-state index is -1.81. The van der Waals surface area contributed by atoms with Crippen molar-refractivity contribution < 1.29 is 42.1 Å². The van der Waals surface area contributed by atoms with Crippen molar-refractivity contribution in [3.05, 3.63) is 59.2 Å². The first kappa shape index (κ1) is 41.4. The minimum absolute atomic E-state index is 0.212. The average molecular weight is 826 g/mol. The van der Waals surface area contributed by atoms with Gasteiger partial charge in [0.05, 0.1) is 6.61 Å². The molecule has 268 valence electrons. The van der Waals surface area contributed by atoms with Gasteiger partial charge in [0.15, 0.2) is 0 Å². The number of ether oxygens (including phenoxy) is 1. The fourth-order valence-electron chi connectivity index (χ4n) is 5.38. The molecule has 0 aliphatic carbocycles. The normalized spacial score (nSPS) is 20.1. The predicted octanol–water partition coefficient (Wildman–Crippen LogP) is 6.77. The molecule has 0 spiro atoms. The fourth-order valence-corrected chi connectivity index (χ4v) is 24.7. The number of aryl methyl sites for hydroxylation is 1. The summed E-state index contributed by atoms with van der Waals surface area (Å²) >= 11 is 0. The van der Waals surface area contributed by atoms with Crippen molar-refractivity contribution in [3.8, 4) is 11.5 Å². The molecule has 2 aromatic carbocycles. The molecule has 2 heterocycles. The second-order valence-corrected chi connectivity index (χ2v) is 32.8. The van der Waals surface area contributed by atoms with Crippen LogP contribution in [0.3, 0.4) is 0 Å². The Kier molecular flexibility index (Phi) is 16.2. The van der Waals surface area contributed by atoms with Gasteiger partial charge in [-0.25, -0.2) is 0 Å². The number of rotatable bonds is 13. The van der Waals surface area contributed by atoms with Crippen molar-refractivity contribution in [2.24, 2.45) is 0 Å². The van der Waals surface area contributed by atoms with E-state index in [0.29, 0.717) is 6.61 Å². The van der Waals surface area contributed by atoms with Gasteiger partial charge in [0, 0.05) is 5.41 Å². The van der Waals surface area contributed by atoms with Gasteiger partial charge >= 0.3 is 74.3 Å². The Hall–Kier alpha value is -0.328. The predicted molar refractivity (Wildman–Crippen MR) is 207 cm³/mol. The van der Waals surface area contributed by atoms with Gasteiger partial charge in [-0.1, -0.05) is 38.1 Å². The lowest BCUT2D eigenvalue weighted by Crippen LogP contribution is -2.45. The molecule has 10 nitrogen and oxygen atoms in total. The van der Waals surface area contributed by atoms with E-state index in [0.717, 1.165) is 42.8 Å². The Balaban J connectivity index is 1.37. The van der Waals surface area contributed by atoms with E-state index < -0.39 is 82.6 Å². The molecule has 4 rings (SSSR count). The highest BCUT2D eigenvalue weighted by Gasteiger charge is 2.34. The van der Waals surface area contributed by atoms with Gasteiger partial charge in [0.25, 0.3) is 0 Å². The van der Waals surface area contributed by atoms with Crippen molar-refractivity contribution in [1.82, 2.24) is 0 Å². The van der Waals surface area contributed by atoms with Crippen LogP contribution in [0.5, 0.6) is 11.5 Å². The first-order valence-electron chi connectivity index (χ1n) is 16.8. The molecule has 2 aliphatic rings. The van der Waals surface area contributed by atoms with Crippen LogP contribution >= 0.6 is 0 Å². The highest BCUT2D eigenvalue weighted by Crippen LogP contribution is 2.36. The van der Waals surface area contributed by atoms with Crippen LogP contribution in [0.25, 0.3) is 0 Å². The maximum Gasteiger partial charge on any atom is 0.365 e. The summed E-state index contributed by atoms with van der Waals surface area (Å²) in [4.78, 5) is 0. The third-order valence-corrected chi connectivity index (χ3v) is 27.4. The van der Waals surface area contributed by atoms with E-state index in [1.807, 2.05) is 39.3 Å². The number of hydrogen-bond donors (Lipinski definition) is 0. The van der Waals surface area contributed by atoms with Gasteiger partial charge in [0.1, 0.15) is 11.5 Å². The third kappa shape index (κ3) is 13.9. The van der Waals surface area contributed by atoms with E-state index in [9.17, 15) is 0 Å². The topological polar surface area (TPSA) is 92.3 Å².